The van der Waals surface area contributed by atoms with Crippen LogP contribution in [0.15, 0.2) is 65.6 Å². The first-order chi connectivity index (χ1) is 15.7. The van der Waals surface area contributed by atoms with E-state index in [4.69, 9.17) is 9.47 Å². The van der Waals surface area contributed by atoms with E-state index in [1.807, 2.05) is 44.2 Å². The molecule has 3 aromatic rings. The van der Waals surface area contributed by atoms with Crippen molar-refractivity contribution < 1.29 is 22.7 Å². The highest BCUT2D eigenvalue weighted by molar-refractivity contribution is 7.92. The van der Waals surface area contributed by atoms with E-state index in [9.17, 15) is 13.2 Å². The maximum atomic E-state index is 13.1. The number of rotatable bonds is 6. The Hall–Kier alpha value is -3.52. The van der Waals surface area contributed by atoms with Gasteiger partial charge in [0.05, 0.1) is 16.6 Å². The van der Waals surface area contributed by atoms with E-state index in [0.717, 1.165) is 11.1 Å². The third kappa shape index (κ3) is 4.96. The molecule has 33 heavy (non-hydrogen) atoms. The summed E-state index contributed by atoms with van der Waals surface area (Å²) >= 11 is 0. The van der Waals surface area contributed by atoms with Gasteiger partial charge in [0.2, 0.25) is 0 Å². The van der Waals surface area contributed by atoms with Crippen LogP contribution in [0.1, 0.15) is 40.0 Å². The number of carbonyl (C=O) groups is 1. The Bertz CT molecular complexity index is 1300. The van der Waals surface area contributed by atoms with Crippen LogP contribution in [-0.4, -0.2) is 27.5 Å². The quantitative estimate of drug-likeness (QED) is 0.563. The van der Waals surface area contributed by atoms with Crippen LogP contribution >= 0.6 is 0 Å². The molecule has 1 aliphatic rings. The molecule has 0 aromatic heterocycles. The van der Waals surface area contributed by atoms with Gasteiger partial charge in [0.15, 0.2) is 11.5 Å². The first-order valence-electron chi connectivity index (χ1n) is 10.6. The summed E-state index contributed by atoms with van der Waals surface area (Å²) in [7, 11) is -3.87. The molecule has 172 valence electrons. The molecule has 0 fully saturated rings. The number of hydrogen-bond acceptors (Lipinski definition) is 5. The van der Waals surface area contributed by atoms with Crippen molar-refractivity contribution in [2.24, 2.45) is 0 Å². The van der Waals surface area contributed by atoms with E-state index in [1.165, 1.54) is 6.07 Å². The number of para-hydroxylation sites is 1. The van der Waals surface area contributed by atoms with Gasteiger partial charge in [-0.05, 0) is 67.8 Å². The second-order valence-corrected chi connectivity index (χ2v) is 9.65. The van der Waals surface area contributed by atoms with Crippen LogP contribution < -0.4 is 19.5 Å². The van der Waals surface area contributed by atoms with Gasteiger partial charge in [-0.2, -0.15) is 0 Å². The third-order valence-electron chi connectivity index (χ3n) is 5.54. The molecule has 1 atom stereocenters. The zero-order chi connectivity index (χ0) is 23.6. The molecule has 0 spiro atoms. The molecule has 2 N–H and O–H groups in total. The minimum absolute atomic E-state index is 0.0605. The van der Waals surface area contributed by atoms with Gasteiger partial charge in [-0.15, -0.1) is 0 Å². The van der Waals surface area contributed by atoms with Crippen molar-refractivity contribution in [2.75, 3.05) is 17.9 Å². The topological polar surface area (TPSA) is 93.7 Å². The van der Waals surface area contributed by atoms with Crippen molar-refractivity contribution in [2.45, 2.75) is 31.7 Å². The maximum absolute atomic E-state index is 13.1. The summed E-state index contributed by atoms with van der Waals surface area (Å²) in [5.41, 5.74) is 2.97. The van der Waals surface area contributed by atoms with Crippen molar-refractivity contribution in [3.63, 3.8) is 0 Å². The number of benzene rings is 3. The average molecular weight is 467 g/mol. The van der Waals surface area contributed by atoms with E-state index < -0.39 is 10.0 Å². The van der Waals surface area contributed by atoms with E-state index in [1.54, 1.807) is 31.2 Å². The van der Waals surface area contributed by atoms with Crippen LogP contribution in [0.2, 0.25) is 0 Å². The summed E-state index contributed by atoms with van der Waals surface area (Å²) < 4.78 is 39.9. The molecule has 0 unspecified atom stereocenters. The Morgan fingerprint density at radius 1 is 0.909 bits per heavy atom. The van der Waals surface area contributed by atoms with Crippen LogP contribution in [0.25, 0.3) is 0 Å². The molecule has 0 saturated carbocycles. The van der Waals surface area contributed by atoms with Crippen molar-refractivity contribution in [3.8, 4) is 11.5 Å². The number of carbonyl (C=O) groups excluding carboxylic acids is 1. The van der Waals surface area contributed by atoms with Crippen molar-refractivity contribution in [1.82, 2.24) is 5.32 Å². The van der Waals surface area contributed by atoms with Gasteiger partial charge in [-0.25, -0.2) is 8.42 Å². The predicted molar refractivity (Wildman–Crippen MR) is 126 cm³/mol. The summed E-state index contributed by atoms with van der Waals surface area (Å²) in [6, 6.07) is 17.0. The molecular weight excluding hydrogens is 440 g/mol. The lowest BCUT2D eigenvalue weighted by Gasteiger charge is -2.21. The number of amides is 1. The molecule has 0 saturated heterocycles. The standard InChI is InChI=1S/C25H26N2O5S/c1-16-6-4-5-7-21(16)27-33(29,30)24-15-20(9-8-17(24)2)25(28)26-18(3)19-10-11-22-23(14-19)32-13-12-31-22/h4-11,14-15,18,27H,12-13H2,1-3H3,(H,26,28)/t18-/m1/s1. The fraction of sp³-hybridized carbons (Fsp3) is 0.240. The number of hydrogen-bond donors (Lipinski definition) is 2. The number of anilines is 1. The molecule has 0 radical (unpaired) electrons. The molecular formula is C25H26N2O5S. The molecule has 0 aliphatic carbocycles. The van der Waals surface area contributed by atoms with Crippen molar-refractivity contribution in [3.05, 3.63) is 82.9 Å². The number of aryl methyl sites for hydroxylation is 2. The Morgan fingerprint density at radius 2 is 1.64 bits per heavy atom. The molecule has 8 heteroatoms. The zero-order valence-electron chi connectivity index (χ0n) is 18.7. The summed E-state index contributed by atoms with van der Waals surface area (Å²) in [4.78, 5) is 13.0. The van der Waals surface area contributed by atoms with Crippen LogP contribution in [-0.2, 0) is 10.0 Å². The highest BCUT2D eigenvalue weighted by atomic mass is 32.2. The molecule has 7 nitrogen and oxygen atoms in total. The smallest absolute Gasteiger partial charge is 0.262 e. The summed E-state index contributed by atoms with van der Waals surface area (Å²) in [5.74, 6) is 0.952. The molecule has 3 aromatic carbocycles. The Kier molecular flexibility index (Phi) is 6.29. The van der Waals surface area contributed by atoms with Crippen molar-refractivity contribution in [1.29, 1.82) is 0 Å². The van der Waals surface area contributed by atoms with E-state index in [2.05, 4.69) is 10.0 Å². The second-order valence-electron chi connectivity index (χ2n) is 8.00. The lowest BCUT2D eigenvalue weighted by molar-refractivity contribution is 0.0939. The van der Waals surface area contributed by atoms with E-state index in [0.29, 0.717) is 36.0 Å². The molecule has 1 aliphatic heterocycles. The summed E-state index contributed by atoms with van der Waals surface area (Å²) in [6.07, 6.45) is 0. The van der Waals surface area contributed by atoms with E-state index >= 15 is 0 Å². The van der Waals surface area contributed by atoms with Gasteiger partial charge in [-0.3, -0.25) is 9.52 Å². The van der Waals surface area contributed by atoms with E-state index in [-0.39, 0.29) is 22.4 Å². The van der Waals surface area contributed by atoms with Gasteiger partial charge in [-0.1, -0.05) is 30.3 Å². The minimum atomic E-state index is -3.87. The fourth-order valence-corrected chi connectivity index (χ4v) is 5.01. The number of fused-ring (bicyclic) bond motifs is 1. The van der Waals surface area contributed by atoms with Gasteiger partial charge in [0, 0.05) is 5.56 Å². The highest BCUT2D eigenvalue weighted by Crippen LogP contribution is 2.32. The number of ether oxygens (including phenoxy) is 2. The average Bonchev–Trinajstić information content (AvgIpc) is 2.80. The lowest BCUT2D eigenvalue weighted by atomic mass is 10.1. The van der Waals surface area contributed by atoms with Gasteiger partial charge in [0.25, 0.3) is 15.9 Å². The molecule has 1 heterocycles. The van der Waals surface area contributed by atoms with Crippen LogP contribution in [0, 0.1) is 13.8 Å². The van der Waals surface area contributed by atoms with Gasteiger partial charge >= 0.3 is 0 Å². The van der Waals surface area contributed by atoms with Crippen LogP contribution in [0.3, 0.4) is 0 Å². The normalized spacial score (nSPS) is 13.8. The SMILES string of the molecule is Cc1ccccc1NS(=O)(=O)c1cc(C(=O)N[C@H](C)c2ccc3c(c2)OCCO3)ccc1C. The molecule has 4 rings (SSSR count). The van der Waals surface area contributed by atoms with Gasteiger partial charge < -0.3 is 14.8 Å². The monoisotopic (exact) mass is 466 g/mol. The zero-order valence-corrected chi connectivity index (χ0v) is 19.5. The molecule has 1 amide bonds. The summed E-state index contributed by atoms with van der Waals surface area (Å²) in [5, 5.41) is 2.93. The summed E-state index contributed by atoms with van der Waals surface area (Å²) in [6.45, 7) is 6.37. The Morgan fingerprint density at radius 3 is 2.39 bits per heavy atom. The number of nitrogens with one attached hydrogen (secondary N) is 2. The Balaban J connectivity index is 1.54. The first kappa shape index (κ1) is 22.7. The predicted octanol–water partition coefficient (Wildman–Crippen LogP) is 4.37. The van der Waals surface area contributed by atoms with Crippen LogP contribution in [0.5, 0.6) is 11.5 Å². The van der Waals surface area contributed by atoms with Crippen LogP contribution in [0.4, 0.5) is 5.69 Å². The molecule has 0 bridgehead atoms. The maximum Gasteiger partial charge on any atom is 0.262 e. The lowest BCUT2D eigenvalue weighted by Crippen LogP contribution is -2.27. The van der Waals surface area contributed by atoms with Crippen molar-refractivity contribution >= 4 is 21.6 Å². The largest absolute Gasteiger partial charge is 0.486 e. The number of sulfonamides is 1. The third-order valence-corrected chi connectivity index (χ3v) is 7.05. The highest BCUT2D eigenvalue weighted by Gasteiger charge is 2.21. The first-order valence-corrected chi connectivity index (χ1v) is 12.1. The van der Waals surface area contributed by atoms with Gasteiger partial charge in [0.1, 0.15) is 13.2 Å². The Labute approximate surface area is 193 Å². The second kappa shape index (κ2) is 9.15. The fourth-order valence-electron chi connectivity index (χ4n) is 3.61. The minimum Gasteiger partial charge on any atom is -0.486 e.